The molecule has 0 spiro atoms. The Morgan fingerprint density at radius 3 is 1.96 bits per heavy atom. The third-order valence-electron chi connectivity index (χ3n) is 7.86. The number of ether oxygens (including phenoxy) is 1. The Morgan fingerprint density at radius 1 is 0.783 bits per heavy atom. The minimum absolute atomic E-state index is 0.0629. The summed E-state index contributed by atoms with van der Waals surface area (Å²) in [4.78, 5) is 29.3. The van der Waals surface area contributed by atoms with Crippen LogP contribution in [-0.4, -0.2) is 50.3 Å². The number of aryl methyl sites for hydroxylation is 1. The number of para-hydroxylation sites is 1. The van der Waals surface area contributed by atoms with Crippen LogP contribution in [0.1, 0.15) is 44.7 Å². The molecule has 0 heterocycles. The second kappa shape index (κ2) is 16.1. The summed E-state index contributed by atoms with van der Waals surface area (Å²) in [5.41, 5.74) is 2.22. The number of carbonyl (C=O) groups excluding carboxylic acids is 2. The summed E-state index contributed by atoms with van der Waals surface area (Å²) < 4.78 is 35.3. The summed E-state index contributed by atoms with van der Waals surface area (Å²) in [5, 5.41) is 3.01. The number of rotatable bonds is 15. The van der Waals surface area contributed by atoms with E-state index in [0.29, 0.717) is 30.0 Å². The van der Waals surface area contributed by atoms with Gasteiger partial charge < -0.3 is 15.0 Å². The molecule has 0 radical (unpaired) electrons. The zero-order valence-electron chi connectivity index (χ0n) is 26.9. The minimum Gasteiger partial charge on any atom is -0.457 e. The minimum atomic E-state index is -4.17. The molecule has 46 heavy (non-hydrogen) atoms. The lowest BCUT2D eigenvalue weighted by Crippen LogP contribution is -2.54. The molecule has 0 unspecified atom stereocenters. The number of amides is 2. The van der Waals surface area contributed by atoms with Gasteiger partial charge in [0.1, 0.15) is 24.1 Å². The van der Waals surface area contributed by atoms with Crippen LogP contribution in [0.25, 0.3) is 0 Å². The van der Waals surface area contributed by atoms with Crippen LogP contribution in [0.2, 0.25) is 0 Å². The topological polar surface area (TPSA) is 96.0 Å². The van der Waals surface area contributed by atoms with Crippen molar-refractivity contribution in [1.82, 2.24) is 10.2 Å². The summed E-state index contributed by atoms with van der Waals surface area (Å²) in [7, 11) is -4.17. The van der Waals surface area contributed by atoms with E-state index in [-0.39, 0.29) is 23.4 Å². The highest BCUT2D eigenvalue weighted by atomic mass is 32.2. The molecule has 2 atom stereocenters. The number of anilines is 1. The SMILES string of the molecule is CC[C@H](C(=O)N[C@@H](C)CC)N(CCc1ccccc1)C(=O)CN(c1ccc(Oc2ccccc2)cc1)S(=O)(=O)c1ccc(C)cc1. The molecular formula is C37H43N3O5S. The molecule has 4 rings (SSSR count). The predicted molar refractivity (Wildman–Crippen MR) is 183 cm³/mol. The van der Waals surface area contributed by atoms with E-state index in [0.717, 1.165) is 21.9 Å². The molecule has 0 saturated heterocycles. The van der Waals surface area contributed by atoms with Gasteiger partial charge in [0.05, 0.1) is 10.6 Å². The van der Waals surface area contributed by atoms with Gasteiger partial charge in [-0.15, -0.1) is 0 Å². The third kappa shape index (κ3) is 8.97. The van der Waals surface area contributed by atoms with Crippen molar-refractivity contribution in [3.8, 4) is 11.5 Å². The lowest BCUT2D eigenvalue weighted by Gasteiger charge is -2.33. The summed E-state index contributed by atoms with van der Waals surface area (Å²) >= 11 is 0. The molecule has 2 amide bonds. The number of sulfonamides is 1. The van der Waals surface area contributed by atoms with Gasteiger partial charge in [-0.3, -0.25) is 13.9 Å². The molecule has 0 aromatic heterocycles. The van der Waals surface area contributed by atoms with Crippen molar-refractivity contribution in [3.05, 3.63) is 120 Å². The first-order valence-corrected chi connectivity index (χ1v) is 17.1. The molecule has 242 valence electrons. The first kappa shape index (κ1) is 34.2. The van der Waals surface area contributed by atoms with Crippen molar-refractivity contribution in [1.29, 1.82) is 0 Å². The molecule has 0 saturated carbocycles. The van der Waals surface area contributed by atoms with E-state index in [1.54, 1.807) is 36.4 Å². The molecule has 0 aliphatic rings. The maximum Gasteiger partial charge on any atom is 0.264 e. The Bertz CT molecular complexity index is 1660. The van der Waals surface area contributed by atoms with Crippen LogP contribution in [0.15, 0.2) is 114 Å². The predicted octanol–water partition coefficient (Wildman–Crippen LogP) is 6.75. The molecule has 0 aliphatic heterocycles. The largest absolute Gasteiger partial charge is 0.457 e. The van der Waals surface area contributed by atoms with E-state index < -0.39 is 28.5 Å². The quantitative estimate of drug-likeness (QED) is 0.155. The van der Waals surface area contributed by atoms with Crippen molar-refractivity contribution in [2.45, 2.75) is 63.9 Å². The van der Waals surface area contributed by atoms with Gasteiger partial charge >= 0.3 is 0 Å². The van der Waals surface area contributed by atoms with Gasteiger partial charge in [-0.25, -0.2) is 8.42 Å². The van der Waals surface area contributed by atoms with Crippen molar-refractivity contribution < 1.29 is 22.7 Å². The molecule has 9 heteroatoms. The van der Waals surface area contributed by atoms with Crippen LogP contribution in [-0.2, 0) is 26.0 Å². The molecule has 4 aromatic carbocycles. The molecule has 8 nitrogen and oxygen atoms in total. The number of benzene rings is 4. The highest BCUT2D eigenvalue weighted by Gasteiger charge is 2.33. The summed E-state index contributed by atoms with van der Waals surface area (Å²) in [5.74, 6) is 0.437. The normalized spacial score (nSPS) is 12.5. The molecule has 0 aliphatic carbocycles. The van der Waals surface area contributed by atoms with Crippen LogP contribution in [0.4, 0.5) is 5.69 Å². The number of hydrogen-bond acceptors (Lipinski definition) is 5. The number of nitrogens with zero attached hydrogens (tertiary/aromatic N) is 2. The lowest BCUT2D eigenvalue weighted by molar-refractivity contribution is -0.139. The molecule has 1 N–H and O–H groups in total. The third-order valence-corrected chi connectivity index (χ3v) is 9.65. The van der Waals surface area contributed by atoms with Gasteiger partial charge in [0.2, 0.25) is 11.8 Å². The Labute approximate surface area is 273 Å². The smallest absolute Gasteiger partial charge is 0.264 e. The van der Waals surface area contributed by atoms with Gasteiger partial charge in [0.25, 0.3) is 10.0 Å². The van der Waals surface area contributed by atoms with E-state index in [2.05, 4.69) is 5.32 Å². The van der Waals surface area contributed by atoms with Crippen molar-refractivity contribution in [2.24, 2.45) is 0 Å². The van der Waals surface area contributed by atoms with Crippen LogP contribution in [0.3, 0.4) is 0 Å². The summed E-state index contributed by atoms with van der Waals surface area (Å²) in [6, 6.07) is 31.3. The number of carbonyl (C=O) groups is 2. The van der Waals surface area contributed by atoms with Crippen LogP contribution in [0, 0.1) is 6.92 Å². The fourth-order valence-electron chi connectivity index (χ4n) is 5.01. The second-order valence-electron chi connectivity index (χ2n) is 11.3. The first-order chi connectivity index (χ1) is 22.1. The van der Waals surface area contributed by atoms with Gasteiger partial charge in [-0.05, 0) is 87.2 Å². The monoisotopic (exact) mass is 641 g/mol. The molecule has 4 aromatic rings. The van der Waals surface area contributed by atoms with Crippen LogP contribution in [0.5, 0.6) is 11.5 Å². The second-order valence-corrected chi connectivity index (χ2v) is 13.2. The number of nitrogens with one attached hydrogen (secondary N) is 1. The molecule has 0 bridgehead atoms. The summed E-state index contributed by atoms with van der Waals surface area (Å²) in [6.45, 7) is 7.39. The highest BCUT2D eigenvalue weighted by molar-refractivity contribution is 7.92. The average molecular weight is 642 g/mol. The van der Waals surface area contributed by atoms with E-state index >= 15 is 0 Å². The zero-order chi connectivity index (χ0) is 33.1. The fraction of sp³-hybridized carbons (Fsp3) is 0.297. The Kier molecular flexibility index (Phi) is 12.0. The van der Waals surface area contributed by atoms with E-state index in [9.17, 15) is 18.0 Å². The Balaban J connectivity index is 1.69. The van der Waals surface area contributed by atoms with E-state index in [4.69, 9.17) is 4.74 Å². The van der Waals surface area contributed by atoms with Crippen molar-refractivity contribution in [2.75, 3.05) is 17.4 Å². The summed E-state index contributed by atoms with van der Waals surface area (Å²) in [6.07, 6.45) is 1.63. The van der Waals surface area contributed by atoms with Gasteiger partial charge in [-0.1, -0.05) is 80.1 Å². The van der Waals surface area contributed by atoms with Crippen molar-refractivity contribution in [3.63, 3.8) is 0 Å². The average Bonchev–Trinajstić information content (AvgIpc) is 3.06. The van der Waals surface area contributed by atoms with E-state index in [1.165, 1.54) is 17.0 Å². The zero-order valence-corrected chi connectivity index (χ0v) is 27.7. The molecule has 0 fully saturated rings. The standard InChI is InChI=1S/C37H43N3O5S/c1-5-29(4)38-37(42)35(6-2)39(26-25-30-13-9-7-10-14-30)36(41)27-40(46(43,44)34-23-17-28(3)18-24-34)31-19-21-33(22-20-31)45-32-15-11-8-12-16-32/h7-24,29,35H,5-6,25-27H2,1-4H3,(H,38,42)/t29-,35+/m0/s1. The van der Waals surface area contributed by atoms with Crippen molar-refractivity contribution >= 4 is 27.5 Å². The van der Waals surface area contributed by atoms with E-state index in [1.807, 2.05) is 88.4 Å². The first-order valence-electron chi connectivity index (χ1n) is 15.7. The number of hydrogen-bond donors (Lipinski definition) is 1. The van der Waals surface area contributed by atoms with Gasteiger partial charge in [0.15, 0.2) is 0 Å². The van der Waals surface area contributed by atoms with Gasteiger partial charge in [-0.2, -0.15) is 0 Å². The maximum atomic E-state index is 14.3. The Hall–Kier alpha value is -4.63. The molecular weight excluding hydrogens is 598 g/mol. The van der Waals surface area contributed by atoms with Crippen LogP contribution < -0.4 is 14.4 Å². The van der Waals surface area contributed by atoms with Crippen LogP contribution >= 0.6 is 0 Å². The Morgan fingerprint density at radius 2 is 1.37 bits per heavy atom. The maximum absolute atomic E-state index is 14.3. The lowest BCUT2D eigenvalue weighted by atomic mass is 10.1. The fourth-order valence-corrected chi connectivity index (χ4v) is 6.42. The highest BCUT2D eigenvalue weighted by Crippen LogP contribution is 2.28. The van der Waals surface area contributed by atoms with Gasteiger partial charge in [0, 0.05) is 12.6 Å².